The lowest BCUT2D eigenvalue weighted by molar-refractivity contribution is 1.01. The van der Waals surface area contributed by atoms with E-state index < -0.39 is 0 Å². The zero-order valence-corrected chi connectivity index (χ0v) is 20.8. The van der Waals surface area contributed by atoms with Crippen LogP contribution in [-0.4, -0.2) is 19.9 Å². The van der Waals surface area contributed by atoms with Crippen molar-refractivity contribution >= 4 is 33.2 Å². The highest BCUT2D eigenvalue weighted by atomic mass is 14.9. The number of hydrogen-bond acceptors (Lipinski definition) is 8. The molecule has 0 bridgehead atoms. The summed E-state index contributed by atoms with van der Waals surface area (Å²) in [5.41, 5.74) is 9.60. The van der Waals surface area contributed by atoms with Gasteiger partial charge in [0.05, 0.1) is 44.8 Å². The van der Waals surface area contributed by atoms with E-state index in [2.05, 4.69) is 0 Å². The molecule has 8 heteroatoms. The molecule has 8 nitrogen and oxygen atoms in total. The average Bonchev–Trinajstić information content (AvgIpc) is 3.19. The Morgan fingerprint density at radius 2 is 1.07 bits per heavy atom. The molecular formula is C32H14N8. The monoisotopic (exact) mass is 510 g/mol. The van der Waals surface area contributed by atoms with Crippen LogP contribution < -0.4 is 0 Å². The number of rotatable bonds is 0. The lowest BCUT2D eigenvalue weighted by Gasteiger charge is -2.09. The van der Waals surface area contributed by atoms with Crippen LogP contribution in [0.5, 0.6) is 0 Å². The van der Waals surface area contributed by atoms with E-state index in [0.29, 0.717) is 63.1 Å². The number of aromatic nitrogens is 4. The second kappa shape index (κ2) is 8.67. The Labute approximate surface area is 228 Å². The van der Waals surface area contributed by atoms with Crippen LogP contribution in [0.15, 0.2) is 71.8 Å². The van der Waals surface area contributed by atoms with E-state index in [0.717, 1.165) is 27.9 Å². The Bertz CT molecular complexity index is 2180. The first-order chi connectivity index (χ1) is 19.6. The maximum Gasteiger partial charge on any atom is 0.139 e. The van der Waals surface area contributed by atoms with E-state index in [-0.39, 0.29) is 11.1 Å². The fourth-order valence-corrected chi connectivity index (χ4v) is 5.54. The van der Waals surface area contributed by atoms with E-state index in [1.54, 1.807) is 0 Å². The molecule has 2 aliphatic rings. The number of nitriles is 4. The number of nitrogens with zero attached hydrogens (tertiary/aromatic N) is 8. The molecule has 2 aliphatic carbocycles. The summed E-state index contributed by atoms with van der Waals surface area (Å²) in [6.45, 7) is 0. The van der Waals surface area contributed by atoms with Gasteiger partial charge in [-0.05, 0) is 34.4 Å². The van der Waals surface area contributed by atoms with Crippen LogP contribution in [-0.2, 0) is 12.8 Å². The molecule has 0 saturated carbocycles. The van der Waals surface area contributed by atoms with Crippen molar-refractivity contribution in [1.82, 2.24) is 19.9 Å². The van der Waals surface area contributed by atoms with E-state index in [1.807, 2.05) is 84.9 Å². The Hall–Kier alpha value is -6.22. The molecule has 40 heavy (non-hydrogen) atoms. The van der Waals surface area contributed by atoms with Gasteiger partial charge in [-0.1, -0.05) is 48.5 Å². The first kappa shape index (κ1) is 22.9. The third-order valence-electron chi connectivity index (χ3n) is 7.34. The van der Waals surface area contributed by atoms with E-state index >= 15 is 0 Å². The largest absolute Gasteiger partial charge is 0.249 e. The molecular weight excluding hydrogens is 496 g/mol. The minimum absolute atomic E-state index is 0.0117. The predicted molar refractivity (Wildman–Crippen MR) is 146 cm³/mol. The summed E-state index contributed by atoms with van der Waals surface area (Å²) in [5.74, 6) is 0. The molecule has 182 valence electrons. The Balaban J connectivity index is 1.47. The zero-order chi connectivity index (χ0) is 27.4. The van der Waals surface area contributed by atoms with Crippen molar-refractivity contribution in [2.24, 2.45) is 0 Å². The maximum atomic E-state index is 9.65. The van der Waals surface area contributed by atoms with Crippen LogP contribution in [0, 0.1) is 45.3 Å². The standard InChI is InChI=1S/C32H14N8/c33-13-18(14-34)23-10-25-24(9-17-5-1-2-6-20(17)23)37-26-12-29-28(11-27(26)38-25)39-31-22-8-4-3-7-21(22)30(32(31)40-29)19(15-35)16-36/h1-8,11-12H,9-10H2. The first-order valence-corrected chi connectivity index (χ1v) is 12.4. The van der Waals surface area contributed by atoms with E-state index in [4.69, 9.17) is 19.9 Å². The van der Waals surface area contributed by atoms with Crippen LogP contribution in [0.3, 0.4) is 0 Å². The molecule has 2 aromatic heterocycles. The van der Waals surface area contributed by atoms with Gasteiger partial charge in [0, 0.05) is 24.0 Å². The van der Waals surface area contributed by atoms with Crippen LogP contribution in [0.1, 0.15) is 33.8 Å². The highest BCUT2D eigenvalue weighted by molar-refractivity contribution is 6.04. The molecule has 0 amide bonds. The molecule has 0 aliphatic heterocycles. The second-order valence-electron chi connectivity index (χ2n) is 9.47. The van der Waals surface area contributed by atoms with E-state index in [1.165, 1.54) is 0 Å². The maximum absolute atomic E-state index is 9.65. The zero-order valence-electron chi connectivity index (χ0n) is 20.8. The Morgan fingerprint density at radius 1 is 0.550 bits per heavy atom. The van der Waals surface area contributed by atoms with Gasteiger partial charge in [-0.2, -0.15) is 21.0 Å². The molecule has 0 unspecified atom stereocenters. The molecule has 0 atom stereocenters. The van der Waals surface area contributed by atoms with Crippen LogP contribution in [0.4, 0.5) is 0 Å². The molecule has 0 N–H and O–H groups in total. The molecule has 5 aromatic rings. The van der Waals surface area contributed by atoms with Crippen molar-refractivity contribution in [3.05, 3.63) is 106 Å². The highest BCUT2D eigenvalue weighted by Crippen LogP contribution is 2.44. The predicted octanol–water partition coefficient (Wildman–Crippen LogP) is 5.35. The van der Waals surface area contributed by atoms with Crippen LogP contribution >= 0.6 is 0 Å². The summed E-state index contributed by atoms with van der Waals surface area (Å²) in [7, 11) is 0. The van der Waals surface area contributed by atoms with Gasteiger partial charge in [0.2, 0.25) is 0 Å². The molecule has 3 aromatic carbocycles. The quantitative estimate of drug-likeness (QED) is 0.196. The highest BCUT2D eigenvalue weighted by Gasteiger charge is 2.30. The molecule has 0 radical (unpaired) electrons. The second-order valence-corrected chi connectivity index (χ2v) is 9.47. The molecule has 2 heterocycles. The van der Waals surface area contributed by atoms with Gasteiger partial charge in [0.25, 0.3) is 0 Å². The lowest BCUT2D eigenvalue weighted by Crippen LogP contribution is -2.02. The van der Waals surface area contributed by atoms with Crippen molar-refractivity contribution in [1.29, 1.82) is 21.0 Å². The number of hydrogen-bond donors (Lipinski definition) is 0. The lowest BCUT2D eigenvalue weighted by atomic mass is 9.94. The summed E-state index contributed by atoms with van der Waals surface area (Å²) >= 11 is 0. The first-order valence-electron chi connectivity index (χ1n) is 12.4. The third-order valence-corrected chi connectivity index (χ3v) is 7.34. The smallest absolute Gasteiger partial charge is 0.139 e. The fraction of sp³-hybridized carbons (Fsp3) is 0.0625. The van der Waals surface area contributed by atoms with Crippen molar-refractivity contribution in [2.75, 3.05) is 0 Å². The summed E-state index contributed by atoms with van der Waals surface area (Å²) in [6, 6.07) is 27.0. The number of allylic oxidation sites excluding steroid dienone is 3. The van der Waals surface area contributed by atoms with Crippen LogP contribution in [0.25, 0.3) is 44.5 Å². The summed E-state index contributed by atoms with van der Waals surface area (Å²) in [4.78, 5) is 19.7. The topological polar surface area (TPSA) is 147 Å². The molecule has 0 spiro atoms. The molecule has 0 fully saturated rings. The van der Waals surface area contributed by atoms with Gasteiger partial charge in [-0.15, -0.1) is 0 Å². The van der Waals surface area contributed by atoms with Crippen molar-refractivity contribution in [2.45, 2.75) is 12.8 Å². The SMILES string of the molecule is N#CC(C#N)=C1Cc2nc3cc4nc5c(nc4cc3nc2Cc2ccccc21)C(=C(C#N)C#N)c1ccccc1-5. The minimum Gasteiger partial charge on any atom is -0.249 e. The van der Waals surface area contributed by atoms with E-state index in [9.17, 15) is 21.0 Å². The average molecular weight is 511 g/mol. The number of benzene rings is 3. The minimum atomic E-state index is -0.0117. The number of fused-ring (bicyclic) bond motifs is 7. The van der Waals surface area contributed by atoms with Gasteiger partial charge in [-0.25, -0.2) is 19.9 Å². The van der Waals surface area contributed by atoms with Crippen molar-refractivity contribution in [3.63, 3.8) is 0 Å². The van der Waals surface area contributed by atoms with Gasteiger partial charge < -0.3 is 0 Å². The normalized spacial score (nSPS) is 12.6. The van der Waals surface area contributed by atoms with Gasteiger partial charge >= 0.3 is 0 Å². The van der Waals surface area contributed by atoms with Gasteiger partial charge in [0.15, 0.2) is 0 Å². The van der Waals surface area contributed by atoms with Crippen molar-refractivity contribution < 1.29 is 0 Å². The third kappa shape index (κ3) is 3.28. The Kier molecular flexibility index (Phi) is 4.97. The molecule has 7 rings (SSSR count). The van der Waals surface area contributed by atoms with Crippen molar-refractivity contribution in [3.8, 4) is 35.5 Å². The summed E-state index contributed by atoms with van der Waals surface area (Å²) in [6.07, 6.45) is 0.818. The van der Waals surface area contributed by atoms with Crippen LogP contribution in [0.2, 0.25) is 0 Å². The molecule has 0 saturated heterocycles. The van der Waals surface area contributed by atoms with Gasteiger partial charge in [0.1, 0.15) is 35.4 Å². The van der Waals surface area contributed by atoms with Gasteiger partial charge in [-0.3, -0.25) is 0 Å². The fourth-order valence-electron chi connectivity index (χ4n) is 5.54. The summed E-state index contributed by atoms with van der Waals surface area (Å²) < 4.78 is 0. The Morgan fingerprint density at radius 3 is 1.73 bits per heavy atom. The summed E-state index contributed by atoms with van der Waals surface area (Å²) in [5, 5.41) is 38.6.